The third-order valence-corrected chi connectivity index (χ3v) is 4.75. The lowest BCUT2D eigenvalue weighted by atomic mass is 9.96. The third-order valence-electron chi connectivity index (χ3n) is 4.75. The minimum atomic E-state index is -4.92. The SMILES string of the molecule is CCOC(=O)C1CCN(C(=O)c2cnn(-c3ccccc3F)c2C(F)(F)F)CC1. The van der Waals surface area contributed by atoms with Gasteiger partial charge in [-0.25, -0.2) is 9.07 Å². The van der Waals surface area contributed by atoms with Crippen molar-refractivity contribution in [3.05, 3.63) is 47.5 Å². The van der Waals surface area contributed by atoms with Gasteiger partial charge in [0.15, 0.2) is 5.69 Å². The molecule has 0 aliphatic carbocycles. The van der Waals surface area contributed by atoms with Crippen LogP contribution in [-0.2, 0) is 15.7 Å². The number of likely N-dealkylation sites (tertiary alicyclic amines) is 1. The number of esters is 1. The summed E-state index contributed by atoms with van der Waals surface area (Å²) in [6, 6.07) is 4.88. The van der Waals surface area contributed by atoms with Gasteiger partial charge in [0.25, 0.3) is 5.91 Å². The number of rotatable bonds is 4. The van der Waals surface area contributed by atoms with E-state index >= 15 is 0 Å². The fourth-order valence-electron chi connectivity index (χ4n) is 3.33. The molecule has 2 heterocycles. The Morgan fingerprint density at radius 3 is 2.45 bits per heavy atom. The van der Waals surface area contributed by atoms with E-state index in [1.54, 1.807) is 6.92 Å². The number of nitrogens with zero attached hydrogens (tertiary/aromatic N) is 3. The highest BCUT2D eigenvalue weighted by molar-refractivity contribution is 5.95. The molecule has 1 aliphatic heterocycles. The summed E-state index contributed by atoms with van der Waals surface area (Å²) in [6.45, 7) is 2.15. The van der Waals surface area contributed by atoms with Gasteiger partial charge in [-0.05, 0) is 31.9 Å². The number of ether oxygens (including phenoxy) is 1. The normalized spacial score (nSPS) is 15.4. The summed E-state index contributed by atoms with van der Waals surface area (Å²) >= 11 is 0. The molecule has 1 aliphatic rings. The quantitative estimate of drug-likeness (QED) is 0.569. The van der Waals surface area contributed by atoms with E-state index in [0.717, 1.165) is 18.3 Å². The van der Waals surface area contributed by atoms with Crippen LogP contribution in [0.3, 0.4) is 0 Å². The monoisotopic (exact) mass is 413 g/mol. The van der Waals surface area contributed by atoms with Gasteiger partial charge in [0.1, 0.15) is 11.5 Å². The van der Waals surface area contributed by atoms with Crippen LogP contribution in [0.15, 0.2) is 30.5 Å². The number of carbonyl (C=O) groups excluding carboxylic acids is 2. The van der Waals surface area contributed by atoms with Crippen molar-refractivity contribution in [3.63, 3.8) is 0 Å². The average molecular weight is 413 g/mol. The molecule has 0 radical (unpaired) electrons. The molecule has 2 aromatic rings. The fraction of sp³-hybridized carbons (Fsp3) is 0.421. The Balaban J connectivity index is 1.87. The number of hydrogen-bond donors (Lipinski definition) is 0. The molecule has 3 rings (SSSR count). The molecule has 0 unspecified atom stereocenters. The van der Waals surface area contributed by atoms with E-state index in [-0.39, 0.29) is 31.6 Å². The molecule has 0 bridgehead atoms. The van der Waals surface area contributed by atoms with Gasteiger partial charge < -0.3 is 9.64 Å². The zero-order chi connectivity index (χ0) is 21.2. The van der Waals surface area contributed by atoms with E-state index in [1.165, 1.54) is 17.0 Å². The minimum Gasteiger partial charge on any atom is -0.466 e. The minimum absolute atomic E-state index is 0.116. The summed E-state index contributed by atoms with van der Waals surface area (Å²) in [5.74, 6) is -2.51. The van der Waals surface area contributed by atoms with E-state index in [4.69, 9.17) is 4.74 Å². The van der Waals surface area contributed by atoms with E-state index in [0.29, 0.717) is 17.5 Å². The van der Waals surface area contributed by atoms with Crippen molar-refractivity contribution in [2.24, 2.45) is 5.92 Å². The molecule has 1 aromatic carbocycles. The second-order valence-corrected chi connectivity index (χ2v) is 6.59. The van der Waals surface area contributed by atoms with Crippen molar-refractivity contribution in [2.75, 3.05) is 19.7 Å². The first kappa shape index (κ1) is 20.8. The molecule has 156 valence electrons. The maximum absolute atomic E-state index is 14.0. The molecule has 1 aromatic heterocycles. The van der Waals surface area contributed by atoms with E-state index < -0.39 is 34.8 Å². The molecular formula is C19H19F4N3O3. The van der Waals surface area contributed by atoms with Crippen LogP contribution >= 0.6 is 0 Å². The maximum atomic E-state index is 14.0. The van der Waals surface area contributed by atoms with Crippen LogP contribution < -0.4 is 0 Å². The first-order chi connectivity index (χ1) is 13.7. The lowest BCUT2D eigenvalue weighted by Crippen LogP contribution is -2.41. The third kappa shape index (κ3) is 4.25. The lowest BCUT2D eigenvalue weighted by Gasteiger charge is -2.31. The number of aromatic nitrogens is 2. The zero-order valence-electron chi connectivity index (χ0n) is 15.6. The fourth-order valence-corrected chi connectivity index (χ4v) is 3.33. The first-order valence-corrected chi connectivity index (χ1v) is 9.10. The maximum Gasteiger partial charge on any atom is 0.434 e. The number of carbonyl (C=O) groups is 2. The molecule has 1 fully saturated rings. The molecular weight excluding hydrogens is 394 g/mol. The summed E-state index contributed by atoms with van der Waals surface area (Å²) in [5.41, 5.74) is -2.39. The largest absolute Gasteiger partial charge is 0.466 e. The summed E-state index contributed by atoms with van der Waals surface area (Å²) in [6.07, 6.45) is -3.52. The highest BCUT2D eigenvalue weighted by Gasteiger charge is 2.42. The van der Waals surface area contributed by atoms with Crippen molar-refractivity contribution in [1.29, 1.82) is 0 Å². The molecule has 29 heavy (non-hydrogen) atoms. The van der Waals surface area contributed by atoms with Crippen molar-refractivity contribution < 1.29 is 31.9 Å². The summed E-state index contributed by atoms with van der Waals surface area (Å²) in [5, 5.41) is 3.63. The standard InChI is InChI=1S/C19H19F4N3O3/c1-2-29-18(28)12-7-9-25(10-8-12)17(27)13-11-24-26(16(13)19(21,22)23)15-6-4-3-5-14(15)20/h3-6,11-12H,2,7-10H2,1H3. The predicted octanol–water partition coefficient (Wildman–Crippen LogP) is 3.45. The Kier molecular flexibility index (Phi) is 5.90. The van der Waals surface area contributed by atoms with E-state index in [9.17, 15) is 27.2 Å². The smallest absolute Gasteiger partial charge is 0.434 e. The van der Waals surface area contributed by atoms with Gasteiger partial charge in [-0.3, -0.25) is 9.59 Å². The number of alkyl halides is 3. The summed E-state index contributed by atoms with van der Waals surface area (Å²) in [4.78, 5) is 25.8. The van der Waals surface area contributed by atoms with E-state index in [1.807, 2.05) is 0 Å². The summed E-state index contributed by atoms with van der Waals surface area (Å²) < 4.78 is 60.5. The Labute approximate surface area is 164 Å². The van der Waals surface area contributed by atoms with Crippen LogP contribution in [0.1, 0.15) is 35.8 Å². The number of para-hydroxylation sites is 1. The molecule has 0 saturated carbocycles. The predicted molar refractivity (Wildman–Crippen MR) is 93.8 cm³/mol. The lowest BCUT2D eigenvalue weighted by molar-refractivity contribution is -0.149. The number of halogens is 4. The van der Waals surface area contributed by atoms with Gasteiger partial charge in [0, 0.05) is 13.1 Å². The number of hydrogen-bond acceptors (Lipinski definition) is 4. The molecule has 10 heteroatoms. The molecule has 1 amide bonds. The Bertz CT molecular complexity index is 902. The van der Waals surface area contributed by atoms with Gasteiger partial charge >= 0.3 is 12.1 Å². The van der Waals surface area contributed by atoms with E-state index in [2.05, 4.69) is 5.10 Å². The van der Waals surface area contributed by atoms with Gasteiger partial charge in [-0.1, -0.05) is 12.1 Å². The van der Waals surface area contributed by atoms with Gasteiger partial charge in [-0.2, -0.15) is 18.3 Å². The van der Waals surface area contributed by atoms with Crippen LogP contribution in [0.2, 0.25) is 0 Å². The summed E-state index contributed by atoms with van der Waals surface area (Å²) in [7, 11) is 0. The number of piperidine rings is 1. The first-order valence-electron chi connectivity index (χ1n) is 9.10. The molecule has 0 atom stereocenters. The number of benzene rings is 1. The van der Waals surface area contributed by atoms with Crippen LogP contribution in [0, 0.1) is 11.7 Å². The van der Waals surface area contributed by atoms with Crippen LogP contribution in [0.4, 0.5) is 17.6 Å². The van der Waals surface area contributed by atoms with Crippen molar-refractivity contribution in [2.45, 2.75) is 25.9 Å². The molecule has 6 nitrogen and oxygen atoms in total. The van der Waals surface area contributed by atoms with Gasteiger partial charge in [0.2, 0.25) is 0 Å². The Morgan fingerprint density at radius 1 is 1.21 bits per heavy atom. The molecule has 0 N–H and O–H groups in total. The zero-order valence-corrected chi connectivity index (χ0v) is 15.6. The van der Waals surface area contributed by atoms with Crippen LogP contribution in [0.25, 0.3) is 5.69 Å². The highest BCUT2D eigenvalue weighted by Crippen LogP contribution is 2.35. The average Bonchev–Trinajstić information content (AvgIpc) is 3.13. The second kappa shape index (κ2) is 8.22. The van der Waals surface area contributed by atoms with Gasteiger partial charge in [-0.15, -0.1) is 0 Å². The molecule has 1 saturated heterocycles. The van der Waals surface area contributed by atoms with Crippen LogP contribution in [-0.4, -0.2) is 46.3 Å². The Morgan fingerprint density at radius 2 is 1.86 bits per heavy atom. The topological polar surface area (TPSA) is 64.4 Å². The number of amides is 1. The van der Waals surface area contributed by atoms with Crippen molar-refractivity contribution in [1.82, 2.24) is 14.7 Å². The van der Waals surface area contributed by atoms with Crippen molar-refractivity contribution >= 4 is 11.9 Å². The highest BCUT2D eigenvalue weighted by atomic mass is 19.4. The van der Waals surface area contributed by atoms with Crippen molar-refractivity contribution in [3.8, 4) is 5.69 Å². The Hall–Kier alpha value is -2.91. The second-order valence-electron chi connectivity index (χ2n) is 6.59. The molecule has 0 spiro atoms. The van der Waals surface area contributed by atoms with Gasteiger partial charge in [0.05, 0.1) is 24.3 Å². The van der Waals surface area contributed by atoms with Crippen LogP contribution in [0.5, 0.6) is 0 Å².